The van der Waals surface area contributed by atoms with Crippen molar-refractivity contribution in [2.75, 3.05) is 5.73 Å². The monoisotopic (exact) mass is 272 g/mol. The maximum atomic E-state index is 5.96. The molecule has 106 valence electrons. The van der Waals surface area contributed by atoms with Gasteiger partial charge in [-0.2, -0.15) is 4.98 Å². The van der Waals surface area contributed by atoms with Gasteiger partial charge < -0.3 is 10.5 Å². The van der Waals surface area contributed by atoms with E-state index in [9.17, 15) is 0 Å². The van der Waals surface area contributed by atoms with E-state index in [4.69, 9.17) is 10.5 Å². The Bertz CT molecular complexity index is 632. The predicted octanol–water partition coefficient (Wildman–Crippen LogP) is 3.16. The highest BCUT2D eigenvalue weighted by Crippen LogP contribution is 2.30. The second-order valence-electron chi connectivity index (χ2n) is 5.80. The standard InChI is InChI=1S/C15H20N4O/c1-9-12(16)18-14(15(3,4)5)19-13(9)20-11-7-6-8-17-10(11)2/h6-8H,1-5H3,(H2,16,18,19). The topological polar surface area (TPSA) is 73.9 Å². The summed E-state index contributed by atoms with van der Waals surface area (Å²) in [4.78, 5) is 13.0. The van der Waals surface area contributed by atoms with Crippen LogP contribution < -0.4 is 10.5 Å². The number of hydrogen-bond acceptors (Lipinski definition) is 5. The number of nitrogen functional groups attached to an aromatic ring is 1. The molecule has 0 aliphatic carbocycles. The van der Waals surface area contributed by atoms with E-state index in [1.54, 1.807) is 6.20 Å². The van der Waals surface area contributed by atoms with E-state index in [0.29, 0.717) is 23.3 Å². The van der Waals surface area contributed by atoms with Crippen LogP contribution in [0.15, 0.2) is 18.3 Å². The Kier molecular flexibility index (Phi) is 3.61. The molecule has 0 saturated heterocycles. The van der Waals surface area contributed by atoms with Crippen molar-refractivity contribution in [3.63, 3.8) is 0 Å². The summed E-state index contributed by atoms with van der Waals surface area (Å²) in [6.45, 7) is 9.85. The maximum Gasteiger partial charge on any atom is 0.227 e. The fraction of sp³-hybridized carbons (Fsp3) is 0.400. The number of aromatic nitrogens is 3. The highest BCUT2D eigenvalue weighted by atomic mass is 16.5. The SMILES string of the molecule is Cc1ncccc1Oc1nc(C(C)(C)C)nc(N)c1C. The molecule has 0 fully saturated rings. The summed E-state index contributed by atoms with van der Waals surface area (Å²) < 4.78 is 5.86. The largest absolute Gasteiger partial charge is 0.437 e. The smallest absolute Gasteiger partial charge is 0.227 e. The van der Waals surface area contributed by atoms with Crippen LogP contribution in [-0.2, 0) is 5.41 Å². The van der Waals surface area contributed by atoms with Crippen LogP contribution in [0.5, 0.6) is 11.6 Å². The van der Waals surface area contributed by atoms with Gasteiger partial charge in [0.05, 0.1) is 11.3 Å². The normalized spacial score (nSPS) is 11.4. The van der Waals surface area contributed by atoms with Crippen molar-refractivity contribution in [1.29, 1.82) is 0 Å². The average molecular weight is 272 g/mol. The molecule has 2 heterocycles. The molecule has 0 saturated carbocycles. The van der Waals surface area contributed by atoms with Crippen molar-refractivity contribution >= 4 is 5.82 Å². The number of hydrogen-bond donors (Lipinski definition) is 1. The van der Waals surface area contributed by atoms with Crippen molar-refractivity contribution < 1.29 is 4.74 Å². The minimum absolute atomic E-state index is 0.191. The molecule has 2 aromatic heterocycles. The summed E-state index contributed by atoms with van der Waals surface area (Å²) in [5.74, 6) is 2.27. The fourth-order valence-corrected chi connectivity index (χ4v) is 1.63. The van der Waals surface area contributed by atoms with Gasteiger partial charge in [0.25, 0.3) is 0 Å². The third-order valence-corrected chi connectivity index (χ3v) is 2.97. The molecule has 2 aromatic rings. The molecular weight excluding hydrogens is 252 g/mol. The van der Waals surface area contributed by atoms with Crippen LogP contribution in [0.2, 0.25) is 0 Å². The number of nitrogens with two attached hydrogens (primary N) is 1. The van der Waals surface area contributed by atoms with Crippen molar-refractivity contribution in [1.82, 2.24) is 15.0 Å². The first-order valence-electron chi connectivity index (χ1n) is 6.53. The summed E-state index contributed by atoms with van der Waals surface area (Å²) in [7, 11) is 0. The van der Waals surface area contributed by atoms with Gasteiger partial charge in [0, 0.05) is 11.6 Å². The van der Waals surface area contributed by atoms with Crippen molar-refractivity contribution in [2.24, 2.45) is 0 Å². The lowest BCUT2D eigenvalue weighted by Crippen LogP contribution is -2.18. The van der Waals surface area contributed by atoms with Crippen molar-refractivity contribution in [2.45, 2.75) is 40.0 Å². The summed E-state index contributed by atoms with van der Waals surface area (Å²) >= 11 is 0. The molecule has 0 bridgehead atoms. The molecule has 2 rings (SSSR count). The van der Waals surface area contributed by atoms with Crippen LogP contribution in [0.3, 0.4) is 0 Å². The van der Waals surface area contributed by atoms with E-state index in [0.717, 1.165) is 11.3 Å². The third kappa shape index (κ3) is 2.87. The molecule has 0 aliphatic rings. The molecular formula is C15H20N4O. The summed E-state index contributed by atoms with van der Waals surface area (Å²) in [6.07, 6.45) is 1.73. The molecule has 0 unspecified atom stereocenters. The number of aryl methyl sites for hydroxylation is 1. The van der Waals surface area contributed by atoms with E-state index in [2.05, 4.69) is 15.0 Å². The molecule has 0 amide bonds. The van der Waals surface area contributed by atoms with Gasteiger partial charge in [-0.1, -0.05) is 20.8 Å². The summed E-state index contributed by atoms with van der Waals surface area (Å²) in [5.41, 5.74) is 7.32. The minimum atomic E-state index is -0.191. The number of pyridine rings is 1. The highest BCUT2D eigenvalue weighted by Gasteiger charge is 2.21. The molecule has 0 spiro atoms. The third-order valence-electron chi connectivity index (χ3n) is 2.97. The molecule has 0 atom stereocenters. The van der Waals surface area contributed by atoms with Crippen LogP contribution in [0.25, 0.3) is 0 Å². The van der Waals surface area contributed by atoms with E-state index in [1.807, 2.05) is 46.8 Å². The fourth-order valence-electron chi connectivity index (χ4n) is 1.63. The maximum absolute atomic E-state index is 5.96. The Balaban J connectivity index is 2.46. The number of ether oxygens (including phenoxy) is 1. The summed E-state index contributed by atoms with van der Waals surface area (Å²) in [6, 6.07) is 3.68. The van der Waals surface area contributed by atoms with E-state index < -0.39 is 0 Å². The van der Waals surface area contributed by atoms with Gasteiger partial charge in [-0.3, -0.25) is 4.98 Å². The average Bonchev–Trinajstić information content (AvgIpc) is 2.36. The van der Waals surface area contributed by atoms with Crippen LogP contribution in [0.1, 0.15) is 37.9 Å². The van der Waals surface area contributed by atoms with Gasteiger partial charge in [-0.15, -0.1) is 0 Å². The lowest BCUT2D eigenvalue weighted by molar-refractivity contribution is 0.438. The van der Waals surface area contributed by atoms with Crippen molar-refractivity contribution in [3.05, 3.63) is 35.4 Å². The Morgan fingerprint density at radius 2 is 1.85 bits per heavy atom. The zero-order valence-corrected chi connectivity index (χ0v) is 12.6. The Hall–Kier alpha value is -2.17. The van der Waals surface area contributed by atoms with Gasteiger partial charge in [0.1, 0.15) is 11.6 Å². The molecule has 5 nitrogen and oxygen atoms in total. The highest BCUT2D eigenvalue weighted by molar-refractivity contribution is 5.46. The number of anilines is 1. The van der Waals surface area contributed by atoms with Gasteiger partial charge in [0.15, 0.2) is 5.75 Å². The first-order valence-corrected chi connectivity index (χ1v) is 6.53. The van der Waals surface area contributed by atoms with E-state index >= 15 is 0 Å². The van der Waals surface area contributed by atoms with E-state index in [1.165, 1.54) is 0 Å². The second kappa shape index (κ2) is 5.07. The predicted molar refractivity (Wildman–Crippen MR) is 78.9 cm³/mol. The number of rotatable bonds is 2. The zero-order chi connectivity index (χ0) is 14.9. The molecule has 2 N–H and O–H groups in total. The molecule has 0 aliphatic heterocycles. The van der Waals surface area contributed by atoms with E-state index in [-0.39, 0.29) is 5.41 Å². The van der Waals surface area contributed by atoms with Crippen molar-refractivity contribution in [3.8, 4) is 11.6 Å². The Morgan fingerprint density at radius 1 is 1.15 bits per heavy atom. The zero-order valence-electron chi connectivity index (χ0n) is 12.6. The first kappa shape index (κ1) is 14.2. The molecule has 0 radical (unpaired) electrons. The Morgan fingerprint density at radius 3 is 2.45 bits per heavy atom. The molecule has 20 heavy (non-hydrogen) atoms. The second-order valence-corrected chi connectivity index (χ2v) is 5.80. The quantitative estimate of drug-likeness (QED) is 0.909. The van der Waals surface area contributed by atoms with Gasteiger partial charge in [-0.05, 0) is 26.0 Å². The van der Waals surface area contributed by atoms with Crippen LogP contribution >= 0.6 is 0 Å². The lowest BCUT2D eigenvalue weighted by atomic mass is 9.95. The van der Waals surface area contributed by atoms with Crippen LogP contribution in [0, 0.1) is 13.8 Å². The number of nitrogens with zero attached hydrogens (tertiary/aromatic N) is 3. The van der Waals surface area contributed by atoms with Gasteiger partial charge >= 0.3 is 0 Å². The van der Waals surface area contributed by atoms with Gasteiger partial charge in [-0.25, -0.2) is 4.98 Å². The molecule has 5 heteroatoms. The van der Waals surface area contributed by atoms with Gasteiger partial charge in [0.2, 0.25) is 5.88 Å². The first-order chi connectivity index (χ1) is 9.29. The summed E-state index contributed by atoms with van der Waals surface area (Å²) in [5, 5.41) is 0. The Labute approximate surface area is 119 Å². The lowest BCUT2D eigenvalue weighted by Gasteiger charge is -2.19. The van der Waals surface area contributed by atoms with Crippen LogP contribution in [0.4, 0.5) is 5.82 Å². The van der Waals surface area contributed by atoms with Crippen LogP contribution in [-0.4, -0.2) is 15.0 Å². The molecule has 0 aromatic carbocycles. The minimum Gasteiger partial charge on any atom is -0.437 e.